The number of rotatable bonds is 6. The quantitative estimate of drug-likeness (QED) is 0.408. The van der Waals surface area contributed by atoms with Crippen molar-refractivity contribution in [3.05, 3.63) is 90.0 Å². The highest BCUT2D eigenvalue weighted by Crippen LogP contribution is 2.32. The average Bonchev–Trinajstić information content (AvgIpc) is 2.89. The number of benzene rings is 3. The number of aromatic nitrogens is 2. The Bertz CT molecular complexity index is 1420. The lowest BCUT2D eigenvalue weighted by molar-refractivity contribution is 0.249. The standard InChI is InChI=1S/C27H29N5O2S/c1-21-12-14-23(15-13-21)35(33,34)30(2)26-27(29-25-11-7-6-10-24(25)28-26)32-18-16-31(17-19-32)20-22-8-4-3-5-9-22/h3-15H,16-20H2,1-2H3. The first-order valence-corrected chi connectivity index (χ1v) is 13.2. The summed E-state index contributed by atoms with van der Waals surface area (Å²) in [7, 11) is -2.24. The summed E-state index contributed by atoms with van der Waals surface area (Å²) in [6.45, 7) is 6.03. The lowest BCUT2D eigenvalue weighted by Crippen LogP contribution is -2.47. The van der Waals surface area contributed by atoms with Crippen LogP contribution in [-0.4, -0.2) is 56.5 Å². The van der Waals surface area contributed by atoms with Gasteiger partial charge >= 0.3 is 0 Å². The third kappa shape index (κ3) is 4.85. The molecule has 0 N–H and O–H groups in total. The van der Waals surface area contributed by atoms with Gasteiger partial charge in [-0.2, -0.15) is 0 Å². The average molecular weight is 488 g/mol. The molecule has 0 aliphatic carbocycles. The Balaban J connectivity index is 1.46. The predicted molar refractivity (Wildman–Crippen MR) is 140 cm³/mol. The zero-order valence-electron chi connectivity index (χ0n) is 20.0. The zero-order valence-corrected chi connectivity index (χ0v) is 20.8. The summed E-state index contributed by atoms with van der Waals surface area (Å²) < 4.78 is 28.3. The molecule has 4 aromatic rings. The molecule has 5 rings (SSSR count). The minimum absolute atomic E-state index is 0.235. The third-order valence-corrected chi connectivity index (χ3v) is 8.19. The monoisotopic (exact) mass is 487 g/mol. The van der Waals surface area contributed by atoms with Crippen molar-refractivity contribution in [1.29, 1.82) is 0 Å². The SMILES string of the molecule is Cc1ccc(S(=O)(=O)N(C)c2nc3ccccc3nc2N2CCN(Cc3ccccc3)CC2)cc1. The number of nitrogens with zero attached hydrogens (tertiary/aromatic N) is 5. The van der Waals surface area contributed by atoms with E-state index in [4.69, 9.17) is 9.97 Å². The molecular formula is C27H29N5O2S. The van der Waals surface area contributed by atoms with E-state index in [-0.39, 0.29) is 4.90 Å². The molecule has 0 amide bonds. The van der Waals surface area contributed by atoms with E-state index in [9.17, 15) is 8.42 Å². The Hall–Kier alpha value is -3.49. The third-order valence-electron chi connectivity index (χ3n) is 6.43. The van der Waals surface area contributed by atoms with Gasteiger partial charge < -0.3 is 4.90 Å². The van der Waals surface area contributed by atoms with Crippen LogP contribution in [0.15, 0.2) is 83.8 Å². The van der Waals surface area contributed by atoms with Crippen LogP contribution in [0.1, 0.15) is 11.1 Å². The van der Waals surface area contributed by atoms with Crippen LogP contribution < -0.4 is 9.21 Å². The minimum Gasteiger partial charge on any atom is -0.351 e. The number of para-hydroxylation sites is 2. The van der Waals surface area contributed by atoms with Crippen molar-refractivity contribution in [3.8, 4) is 0 Å². The molecule has 1 aliphatic rings. The lowest BCUT2D eigenvalue weighted by atomic mass is 10.2. The molecule has 0 saturated carbocycles. The second kappa shape index (κ2) is 9.64. The summed E-state index contributed by atoms with van der Waals surface area (Å²) in [6.07, 6.45) is 0. The van der Waals surface area contributed by atoms with E-state index in [0.717, 1.165) is 43.8 Å². The molecule has 8 heteroatoms. The van der Waals surface area contributed by atoms with Crippen molar-refractivity contribution in [2.45, 2.75) is 18.4 Å². The molecule has 1 aliphatic heterocycles. The van der Waals surface area contributed by atoms with Gasteiger partial charge in [0.1, 0.15) is 0 Å². The maximum absolute atomic E-state index is 13.5. The molecule has 1 fully saturated rings. The summed E-state index contributed by atoms with van der Waals surface area (Å²) in [4.78, 5) is 14.5. The predicted octanol–water partition coefficient (Wildman–Crippen LogP) is 4.09. The largest absolute Gasteiger partial charge is 0.351 e. The number of hydrogen-bond acceptors (Lipinski definition) is 6. The van der Waals surface area contributed by atoms with Gasteiger partial charge in [-0.1, -0.05) is 60.2 Å². The smallest absolute Gasteiger partial charge is 0.265 e. The van der Waals surface area contributed by atoms with E-state index >= 15 is 0 Å². The van der Waals surface area contributed by atoms with Crippen molar-refractivity contribution in [2.24, 2.45) is 0 Å². The fourth-order valence-electron chi connectivity index (χ4n) is 4.35. The van der Waals surface area contributed by atoms with E-state index < -0.39 is 10.0 Å². The molecule has 2 heterocycles. The van der Waals surface area contributed by atoms with Crippen molar-refractivity contribution in [1.82, 2.24) is 14.9 Å². The van der Waals surface area contributed by atoms with Crippen molar-refractivity contribution < 1.29 is 8.42 Å². The second-order valence-electron chi connectivity index (χ2n) is 8.89. The maximum Gasteiger partial charge on any atom is 0.265 e. The Morgan fingerprint density at radius 3 is 2.06 bits per heavy atom. The van der Waals surface area contributed by atoms with Crippen LogP contribution in [-0.2, 0) is 16.6 Å². The van der Waals surface area contributed by atoms with Crippen LogP contribution in [0.5, 0.6) is 0 Å². The Morgan fingerprint density at radius 2 is 1.40 bits per heavy atom. The molecular weight excluding hydrogens is 458 g/mol. The first-order valence-electron chi connectivity index (χ1n) is 11.8. The zero-order chi connectivity index (χ0) is 24.4. The van der Waals surface area contributed by atoms with Crippen LogP contribution in [0.2, 0.25) is 0 Å². The minimum atomic E-state index is -3.80. The van der Waals surface area contributed by atoms with Gasteiger partial charge in [0, 0.05) is 39.8 Å². The summed E-state index contributed by atoms with van der Waals surface area (Å²) >= 11 is 0. The molecule has 0 unspecified atom stereocenters. The van der Waals surface area contributed by atoms with Crippen LogP contribution >= 0.6 is 0 Å². The van der Waals surface area contributed by atoms with Crippen LogP contribution in [0, 0.1) is 6.92 Å². The maximum atomic E-state index is 13.5. The number of fused-ring (bicyclic) bond motifs is 1. The van der Waals surface area contributed by atoms with Gasteiger partial charge in [0.15, 0.2) is 11.6 Å². The van der Waals surface area contributed by atoms with Gasteiger partial charge in [-0.25, -0.2) is 22.7 Å². The summed E-state index contributed by atoms with van der Waals surface area (Å²) in [5.41, 5.74) is 3.71. The van der Waals surface area contributed by atoms with Crippen LogP contribution in [0.25, 0.3) is 11.0 Å². The normalized spacial score (nSPS) is 14.9. The van der Waals surface area contributed by atoms with Gasteiger partial charge in [-0.3, -0.25) is 4.90 Å². The topological polar surface area (TPSA) is 69.6 Å². The van der Waals surface area contributed by atoms with E-state index in [1.54, 1.807) is 31.3 Å². The highest BCUT2D eigenvalue weighted by Gasteiger charge is 2.29. The molecule has 180 valence electrons. The number of aryl methyl sites for hydroxylation is 1. The molecule has 0 spiro atoms. The molecule has 0 bridgehead atoms. The lowest BCUT2D eigenvalue weighted by Gasteiger charge is -2.36. The fourth-order valence-corrected chi connectivity index (χ4v) is 5.49. The molecule has 1 aromatic heterocycles. The molecule has 3 aromatic carbocycles. The van der Waals surface area contributed by atoms with Crippen molar-refractivity contribution in [2.75, 3.05) is 42.4 Å². The number of anilines is 2. The van der Waals surface area contributed by atoms with Gasteiger partial charge in [0.05, 0.1) is 15.9 Å². The van der Waals surface area contributed by atoms with Gasteiger partial charge in [-0.05, 0) is 36.8 Å². The van der Waals surface area contributed by atoms with Gasteiger partial charge in [0.25, 0.3) is 10.0 Å². The highest BCUT2D eigenvalue weighted by molar-refractivity contribution is 7.92. The number of piperazine rings is 1. The van der Waals surface area contributed by atoms with Crippen molar-refractivity contribution >= 4 is 32.7 Å². The molecule has 0 radical (unpaired) electrons. The summed E-state index contributed by atoms with van der Waals surface area (Å²) in [5.74, 6) is 0.946. The Morgan fingerprint density at radius 1 is 0.800 bits per heavy atom. The van der Waals surface area contributed by atoms with E-state index in [1.807, 2.05) is 37.3 Å². The van der Waals surface area contributed by atoms with Crippen molar-refractivity contribution in [3.63, 3.8) is 0 Å². The first-order chi connectivity index (χ1) is 16.9. The Labute approximate surface area is 206 Å². The van der Waals surface area contributed by atoms with Gasteiger partial charge in [-0.15, -0.1) is 0 Å². The second-order valence-corrected chi connectivity index (χ2v) is 10.9. The fraction of sp³-hybridized carbons (Fsp3) is 0.259. The summed E-state index contributed by atoms with van der Waals surface area (Å²) in [5, 5.41) is 0. The van der Waals surface area contributed by atoms with E-state index in [0.29, 0.717) is 17.2 Å². The van der Waals surface area contributed by atoms with E-state index in [1.165, 1.54) is 9.87 Å². The van der Waals surface area contributed by atoms with Gasteiger partial charge in [0.2, 0.25) is 0 Å². The van der Waals surface area contributed by atoms with Crippen LogP contribution in [0.3, 0.4) is 0 Å². The molecule has 35 heavy (non-hydrogen) atoms. The number of hydrogen-bond donors (Lipinski definition) is 0. The molecule has 7 nitrogen and oxygen atoms in total. The Kier molecular flexibility index (Phi) is 6.40. The highest BCUT2D eigenvalue weighted by atomic mass is 32.2. The van der Waals surface area contributed by atoms with E-state index in [2.05, 4.69) is 34.1 Å². The first kappa shape index (κ1) is 23.3. The summed E-state index contributed by atoms with van der Waals surface area (Å²) in [6, 6.07) is 24.9. The molecule has 1 saturated heterocycles. The number of sulfonamides is 1. The van der Waals surface area contributed by atoms with Crippen LogP contribution in [0.4, 0.5) is 11.6 Å². The molecule has 0 atom stereocenters.